The summed E-state index contributed by atoms with van der Waals surface area (Å²) < 4.78 is 15.9. The van der Waals surface area contributed by atoms with E-state index in [1.165, 1.54) is 6.92 Å². The Morgan fingerprint density at radius 2 is 2.26 bits per heavy atom. The molecule has 0 aromatic heterocycles. The lowest BCUT2D eigenvalue weighted by atomic mass is 10.1. The fourth-order valence-electron chi connectivity index (χ4n) is 1.52. The lowest BCUT2D eigenvalue weighted by Crippen LogP contribution is -2.07. The van der Waals surface area contributed by atoms with Gasteiger partial charge in [0.2, 0.25) is 0 Å². The van der Waals surface area contributed by atoms with Gasteiger partial charge in [-0.3, -0.25) is 4.79 Å². The van der Waals surface area contributed by atoms with Crippen molar-refractivity contribution in [2.75, 3.05) is 20.3 Å². The molecular weight excluding hydrogens is 246 g/mol. The van der Waals surface area contributed by atoms with Gasteiger partial charge < -0.3 is 19.9 Å². The Kier molecular flexibility index (Phi) is 4.06. The van der Waals surface area contributed by atoms with Crippen molar-refractivity contribution >= 4 is 11.9 Å². The van der Waals surface area contributed by atoms with Gasteiger partial charge in [-0.25, -0.2) is 0 Å². The lowest BCUT2D eigenvalue weighted by Gasteiger charge is -2.10. The number of Topliss-reactive ketones (excluding diaryl/α,β-unsaturated/α-hetero) is 1. The van der Waals surface area contributed by atoms with Gasteiger partial charge in [0.05, 0.1) is 19.4 Å². The minimum Gasteiger partial charge on any atom is -0.493 e. The third kappa shape index (κ3) is 3.72. The summed E-state index contributed by atoms with van der Waals surface area (Å²) in [7, 11) is 1.57. The van der Waals surface area contributed by atoms with Crippen LogP contribution in [0.2, 0.25) is 0 Å². The summed E-state index contributed by atoms with van der Waals surface area (Å²) >= 11 is 0. The lowest BCUT2D eigenvalue weighted by molar-refractivity contribution is -0.113. The second kappa shape index (κ2) is 5.75. The standard InChI is InChI=1S/C14H17NO4/c1-9(16)12(15)5-10-3-4-13(14(6-10)17-2)19-8-11-7-18-11/h3-6,11H,7-8,15H2,1-2H3. The number of hydrogen-bond donors (Lipinski definition) is 1. The van der Waals surface area contributed by atoms with E-state index in [9.17, 15) is 4.79 Å². The Bertz CT molecular complexity index is 506. The molecule has 0 bridgehead atoms. The third-order valence-electron chi connectivity index (χ3n) is 2.74. The van der Waals surface area contributed by atoms with E-state index in [0.717, 1.165) is 12.2 Å². The number of benzene rings is 1. The molecule has 19 heavy (non-hydrogen) atoms. The quantitative estimate of drug-likeness (QED) is 0.619. The van der Waals surface area contributed by atoms with Crippen molar-refractivity contribution in [2.45, 2.75) is 13.0 Å². The van der Waals surface area contributed by atoms with Crippen LogP contribution in [-0.4, -0.2) is 32.2 Å². The molecule has 1 atom stereocenters. The highest BCUT2D eigenvalue weighted by molar-refractivity contribution is 5.96. The largest absolute Gasteiger partial charge is 0.493 e. The topological polar surface area (TPSA) is 74.1 Å². The predicted octanol–water partition coefficient (Wildman–Crippen LogP) is 1.36. The van der Waals surface area contributed by atoms with Gasteiger partial charge in [-0.05, 0) is 23.8 Å². The molecule has 1 aliphatic rings. The first-order valence-corrected chi connectivity index (χ1v) is 6.00. The van der Waals surface area contributed by atoms with Gasteiger partial charge in [-0.2, -0.15) is 0 Å². The third-order valence-corrected chi connectivity index (χ3v) is 2.74. The van der Waals surface area contributed by atoms with Crippen LogP contribution < -0.4 is 15.2 Å². The second-order valence-corrected chi connectivity index (χ2v) is 4.33. The molecule has 5 heteroatoms. The number of epoxide rings is 1. The number of carbonyl (C=O) groups excluding carboxylic acids is 1. The second-order valence-electron chi connectivity index (χ2n) is 4.33. The van der Waals surface area contributed by atoms with Gasteiger partial charge in [0.25, 0.3) is 0 Å². The van der Waals surface area contributed by atoms with Gasteiger partial charge in [0.1, 0.15) is 12.7 Å². The van der Waals surface area contributed by atoms with Crippen molar-refractivity contribution < 1.29 is 19.0 Å². The van der Waals surface area contributed by atoms with E-state index in [-0.39, 0.29) is 17.6 Å². The number of ether oxygens (including phenoxy) is 3. The molecule has 1 aromatic rings. The van der Waals surface area contributed by atoms with Crippen LogP contribution in [0.15, 0.2) is 23.9 Å². The average Bonchev–Trinajstić information content (AvgIpc) is 3.20. The van der Waals surface area contributed by atoms with Gasteiger partial charge in [0, 0.05) is 6.92 Å². The molecule has 0 radical (unpaired) electrons. The fourth-order valence-corrected chi connectivity index (χ4v) is 1.52. The monoisotopic (exact) mass is 263 g/mol. The minimum atomic E-state index is -0.162. The first kappa shape index (κ1) is 13.4. The highest BCUT2D eigenvalue weighted by Crippen LogP contribution is 2.29. The molecule has 2 rings (SSSR count). The zero-order valence-corrected chi connectivity index (χ0v) is 11.0. The fraction of sp³-hybridized carbons (Fsp3) is 0.357. The molecule has 102 valence electrons. The summed E-state index contributed by atoms with van der Waals surface area (Å²) in [5.74, 6) is 1.09. The van der Waals surface area contributed by atoms with Crippen LogP contribution in [0.5, 0.6) is 11.5 Å². The molecule has 5 nitrogen and oxygen atoms in total. The summed E-state index contributed by atoms with van der Waals surface area (Å²) in [5, 5.41) is 0. The summed E-state index contributed by atoms with van der Waals surface area (Å²) in [5.41, 5.74) is 6.61. The van der Waals surface area contributed by atoms with Crippen LogP contribution in [0.3, 0.4) is 0 Å². The molecule has 1 unspecified atom stereocenters. The number of hydrogen-bond acceptors (Lipinski definition) is 5. The number of nitrogens with two attached hydrogens (primary N) is 1. The van der Waals surface area contributed by atoms with Crippen LogP contribution in [0.25, 0.3) is 6.08 Å². The Balaban J connectivity index is 2.14. The van der Waals surface area contributed by atoms with E-state index in [0.29, 0.717) is 18.1 Å². The van der Waals surface area contributed by atoms with E-state index >= 15 is 0 Å². The summed E-state index contributed by atoms with van der Waals surface area (Å²) in [4.78, 5) is 11.1. The number of allylic oxidation sites excluding steroid dienone is 1. The highest BCUT2D eigenvalue weighted by Gasteiger charge is 2.23. The van der Waals surface area contributed by atoms with Crippen molar-refractivity contribution in [2.24, 2.45) is 5.73 Å². The first-order chi connectivity index (χ1) is 9.10. The zero-order chi connectivity index (χ0) is 13.8. The van der Waals surface area contributed by atoms with Crippen molar-refractivity contribution in [1.29, 1.82) is 0 Å². The highest BCUT2D eigenvalue weighted by atomic mass is 16.6. The minimum absolute atomic E-state index is 0.162. The Morgan fingerprint density at radius 3 is 2.84 bits per heavy atom. The van der Waals surface area contributed by atoms with Gasteiger partial charge >= 0.3 is 0 Å². The Hall–Kier alpha value is -2.01. The van der Waals surface area contributed by atoms with E-state index in [1.807, 2.05) is 6.07 Å². The predicted molar refractivity (Wildman–Crippen MR) is 71.1 cm³/mol. The maximum Gasteiger partial charge on any atom is 0.175 e. The molecule has 0 spiro atoms. The zero-order valence-electron chi connectivity index (χ0n) is 11.0. The molecule has 1 saturated heterocycles. The summed E-state index contributed by atoms with van der Waals surface area (Å²) in [6, 6.07) is 5.39. The average molecular weight is 263 g/mol. The molecule has 0 aliphatic carbocycles. The van der Waals surface area contributed by atoms with E-state index in [2.05, 4.69) is 0 Å². The summed E-state index contributed by atoms with van der Waals surface area (Å²) in [6.07, 6.45) is 1.80. The molecule has 0 saturated carbocycles. The molecular formula is C14H17NO4. The van der Waals surface area contributed by atoms with Gasteiger partial charge in [-0.1, -0.05) is 6.07 Å². The SMILES string of the molecule is COc1cc(C=C(N)C(C)=O)ccc1OCC1CO1. The van der Waals surface area contributed by atoms with Crippen LogP contribution in [0.4, 0.5) is 0 Å². The molecule has 1 heterocycles. The van der Waals surface area contributed by atoms with Crippen LogP contribution in [-0.2, 0) is 9.53 Å². The normalized spacial score (nSPS) is 18.0. The Labute approximate surface area is 111 Å². The van der Waals surface area contributed by atoms with Crippen molar-refractivity contribution in [3.63, 3.8) is 0 Å². The molecule has 1 aromatic carbocycles. The van der Waals surface area contributed by atoms with Gasteiger partial charge in [-0.15, -0.1) is 0 Å². The Morgan fingerprint density at radius 1 is 1.53 bits per heavy atom. The molecule has 2 N–H and O–H groups in total. The van der Waals surface area contributed by atoms with Crippen molar-refractivity contribution in [1.82, 2.24) is 0 Å². The molecule has 1 fully saturated rings. The van der Waals surface area contributed by atoms with Crippen LogP contribution in [0, 0.1) is 0 Å². The number of rotatable bonds is 6. The number of ketones is 1. The van der Waals surface area contributed by atoms with E-state index < -0.39 is 0 Å². The van der Waals surface area contributed by atoms with Crippen molar-refractivity contribution in [3.05, 3.63) is 29.5 Å². The van der Waals surface area contributed by atoms with Crippen LogP contribution >= 0.6 is 0 Å². The molecule has 0 amide bonds. The molecule has 1 aliphatic heterocycles. The maximum atomic E-state index is 11.1. The van der Waals surface area contributed by atoms with Crippen LogP contribution in [0.1, 0.15) is 12.5 Å². The number of methoxy groups -OCH3 is 1. The number of carbonyl (C=O) groups is 1. The first-order valence-electron chi connectivity index (χ1n) is 6.00. The van der Waals surface area contributed by atoms with E-state index in [1.54, 1.807) is 25.3 Å². The van der Waals surface area contributed by atoms with Crippen molar-refractivity contribution in [3.8, 4) is 11.5 Å². The van der Waals surface area contributed by atoms with E-state index in [4.69, 9.17) is 19.9 Å². The van der Waals surface area contributed by atoms with Gasteiger partial charge in [0.15, 0.2) is 17.3 Å². The maximum absolute atomic E-state index is 11.1. The smallest absolute Gasteiger partial charge is 0.175 e. The summed E-state index contributed by atoms with van der Waals surface area (Å²) in [6.45, 7) is 2.69.